The van der Waals surface area contributed by atoms with E-state index in [1.807, 2.05) is 19.1 Å². The van der Waals surface area contributed by atoms with Crippen LogP contribution in [0.5, 0.6) is 0 Å². The fourth-order valence-corrected chi connectivity index (χ4v) is 2.62. The number of nitrogens with zero attached hydrogens (tertiary/aromatic N) is 1. The van der Waals surface area contributed by atoms with Crippen molar-refractivity contribution in [1.29, 1.82) is 0 Å². The molecule has 140 valence electrons. The van der Waals surface area contributed by atoms with Gasteiger partial charge in [0.15, 0.2) is 6.61 Å². The Morgan fingerprint density at radius 3 is 2.46 bits per heavy atom. The Bertz CT molecular complexity index is 695. The standard InChI is InChI=1S/C19H25N3O4/c1-12(2)10-14-4-6-15(7-5-14)13(3)20-18(24)11-26-19(25)16-8-9-17(23)22-21-16/h4-7,12-13H,8-11H2,1-3H3,(H,20,24)(H,22,23)/t13-/m1/s1. The van der Waals surface area contributed by atoms with Crippen molar-refractivity contribution in [2.24, 2.45) is 11.0 Å². The summed E-state index contributed by atoms with van der Waals surface area (Å²) >= 11 is 0. The topological polar surface area (TPSA) is 96.9 Å². The average molecular weight is 359 g/mol. The number of hydrogen-bond acceptors (Lipinski definition) is 5. The molecule has 2 N–H and O–H groups in total. The molecule has 1 aliphatic rings. The quantitative estimate of drug-likeness (QED) is 0.726. The average Bonchev–Trinajstić information content (AvgIpc) is 2.60. The summed E-state index contributed by atoms with van der Waals surface area (Å²) in [5.41, 5.74) is 4.58. The summed E-state index contributed by atoms with van der Waals surface area (Å²) in [4.78, 5) is 34.8. The SMILES string of the molecule is CC(C)Cc1ccc([C@@H](C)NC(=O)COC(=O)C2=NNC(=O)CC2)cc1. The van der Waals surface area contributed by atoms with Crippen LogP contribution in [0.3, 0.4) is 0 Å². The summed E-state index contributed by atoms with van der Waals surface area (Å²) < 4.78 is 4.95. The highest BCUT2D eigenvalue weighted by molar-refractivity contribution is 6.37. The zero-order valence-corrected chi connectivity index (χ0v) is 15.4. The number of carbonyl (C=O) groups excluding carboxylic acids is 3. The minimum absolute atomic E-state index is 0.117. The van der Waals surface area contributed by atoms with Crippen molar-refractivity contribution in [2.75, 3.05) is 6.61 Å². The molecule has 0 aromatic heterocycles. The van der Waals surface area contributed by atoms with Crippen molar-refractivity contribution in [2.45, 2.75) is 46.1 Å². The van der Waals surface area contributed by atoms with Gasteiger partial charge in [-0.15, -0.1) is 0 Å². The van der Waals surface area contributed by atoms with Gasteiger partial charge in [0.2, 0.25) is 5.91 Å². The first kappa shape index (κ1) is 19.6. The maximum atomic E-state index is 12.0. The number of rotatable bonds is 7. The predicted octanol–water partition coefficient (Wildman–Crippen LogP) is 1.87. The predicted molar refractivity (Wildman–Crippen MR) is 97.3 cm³/mol. The van der Waals surface area contributed by atoms with Crippen LogP contribution in [-0.2, 0) is 25.5 Å². The molecule has 0 saturated carbocycles. The molecule has 0 spiro atoms. The zero-order valence-electron chi connectivity index (χ0n) is 15.4. The van der Waals surface area contributed by atoms with E-state index < -0.39 is 11.9 Å². The van der Waals surface area contributed by atoms with Crippen molar-refractivity contribution in [3.63, 3.8) is 0 Å². The van der Waals surface area contributed by atoms with Crippen molar-refractivity contribution >= 4 is 23.5 Å². The van der Waals surface area contributed by atoms with Gasteiger partial charge in [-0.25, -0.2) is 10.2 Å². The van der Waals surface area contributed by atoms with E-state index in [1.54, 1.807) is 0 Å². The Labute approximate surface area is 153 Å². The zero-order chi connectivity index (χ0) is 19.1. The summed E-state index contributed by atoms with van der Waals surface area (Å²) in [5, 5.41) is 6.43. The normalized spacial score (nSPS) is 15.1. The van der Waals surface area contributed by atoms with Crippen molar-refractivity contribution < 1.29 is 19.1 Å². The second kappa shape index (κ2) is 9.12. The highest BCUT2D eigenvalue weighted by Crippen LogP contribution is 2.15. The fraction of sp³-hybridized carbons (Fsp3) is 0.474. The molecule has 2 amide bonds. The first-order valence-corrected chi connectivity index (χ1v) is 8.76. The van der Waals surface area contributed by atoms with E-state index in [0.717, 1.165) is 12.0 Å². The van der Waals surface area contributed by atoms with E-state index in [4.69, 9.17) is 4.74 Å². The van der Waals surface area contributed by atoms with Gasteiger partial charge in [-0.05, 0) is 30.4 Å². The monoisotopic (exact) mass is 359 g/mol. The molecule has 0 saturated heterocycles. The van der Waals surface area contributed by atoms with E-state index in [-0.39, 0.29) is 37.1 Å². The first-order chi connectivity index (χ1) is 12.3. The molecule has 1 aliphatic heterocycles. The van der Waals surface area contributed by atoms with E-state index in [1.165, 1.54) is 5.56 Å². The highest BCUT2D eigenvalue weighted by atomic mass is 16.5. The largest absolute Gasteiger partial charge is 0.451 e. The van der Waals surface area contributed by atoms with Crippen LogP contribution in [0.4, 0.5) is 0 Å². The van der Waals surface area contributed by atoms with Crippen LogP contribution in [0.1, 0.15) is 50.8 Å². The van der Waals surface area contributed by atoms with Crippen LogP contribution in [0, 0.1) is 5.92 Å². The number of benzene rings is 1. The van der Waals surface area contributed by atoms with Gasteiger partial charge in [-0.1, -0.05) is 38.1 Å². The number of hydrogen-bond donors (Lipinski definition) is 2. The lowest BCUT2D eigenvalue weighted by atomic mass is 10.00. The van der Waals surface area contributed by atoms with E-state index in [0.29, 0.717) is 5.92 Å². The fourth-order valence-electron chi connectivity index (χ4n) is 2.62. The van der Waals surface area contributed by atoms with Gasteiger partial charge in [0.1, 0.15) is 5.71 Å². The minimum atomic E-state index is -0.689. The van der Waals surface area contributed by atoms with Crippen LogP contribution < -0.4 is 10.7 Å². The second-order valence-corrected chi connectivity index (χ2v) is 6.80. The van der Waals surface area contributed by atoms with Gasteiger partial charge in [-0.3, -0.25) is 9.59 Å². The third kappa shape index (κ3) is 5.98. The molecule has 0 radical (unpaired) electrons. The molecule has 1 aromatic carbocycles. The molecule has 0 aliphatic carbocycles. The Morgan fingerprint density at radius 2 is 1.88 bits per heavy atom. The lowest BCUT2D eigenvalue weighted by Crippen LogP contribution is -2.34. The summed E-state index contributed by atoms with van der Waals surface area (Å²) in [6.45, 7) is 5.83. The number of ether oxygens (including phenoxy) is 1. The first-order valence-electron chi connectivity index (χ1n) is 8.76. The molecule has 0 fully saturated rings. The van der Waals surface area contributed by atoms with E-state index in [9.17, 15) is 14.4 Å². The van der Waals surface area contributed by atoms with Gasteiger partial charge in [-0.2, -0.15) is 5.10 Å². The Kier molecular flexibility index (Phi) is 6.89. The van der Waals surface area contributed by atoms with Crippen LogP contribution in [-0.4, -0.2) is 30.1 Å². The number of carbonyl (C=O) groups is 3. The summed E-state index contributed by atoms with van der Waals surface area (Å²) in [7, 11) is 0. The lowest BCUT2D eigenvalue weighted by Gasteiger charge is -2.16. The summed E-state index contributed by atoms with van der Waals surface area (Å²) in [6.07, 6.45) is 1.41. The Morgan fingerprint density at radius 1 is 1.19 bits per heavy atom. The molecule has 1 heterocycles. The third-order valence-electron chi connectivity index (χ3n) is 3.98. The van der Waals surface area contributed by atoms with Gasteiger partial charge in [0, 0.05) is 12.8 Å². The second-order valence-electron chi connectivity index (χ2n) is 6.80. The molecule has 0 unspecified atom stereocenters. The maximum absolute atomic E-state index is 12.0. The maximum Gasteiger partial charge on any atom is 0.355 e. The van der Waals surface area contributed by atoms with Gasteiger partial charge in [0.25, 0.3) is 5.91 Å². The van der Waals surface area contributed by atoms with Crippen molar-refractivity contribution in [1.82, 2.24) is 10.7 Å². The van der Waals surface area contributed by atoms with Gasteiger partial charge < -0.3 is 10.1 Å². The van der Waals surface area contributed by atoms with Gasteiger partial charge in [0.05, 0.1) is 6.04 Å². The number of hydrazone groups is 1. The van der Waals surface area contributed by atoms with Crippen LogP contribution in [0.15, 0.2) is 29.4 Å². The number of amides is 2. The number of nitrogens with one attached hydrogen (secondary N) is 2. The molecule has 0 bridgehead atoms. The molecular formula is C19H25N3O4. The molecule has 26 heavy (non-hydrogen) atoms. The third-order valence-corrected chi connectivity index (χ3v) is 3.98. The van der Waals surface area contributed by atoms with E-state index in [2.05, 4.69) is 41.8 Å². The smallest absolute Gasteiger partial charge is 0.355 e. The molecule has 7 heteroatoms. The Balaban J connectivity index is 1.79. The summed E-state index contributed by atoms with van der Waals surface area (Å²) in [6, 6.07) is 7.92. The van der Waals surface area contributed by atoms with Crippen LogP contribution in [0.2, 0.25) is 0 Å². The highest BCUT2D eigenvalue weighted by Gasteiger charge is 2.20. The summed E-state index contributed by atoms with van der Waals surface area (Å²) in [5.74, 6) is -0.731. The van der Waals surface area contributed by atoms with Gasteiger partial charge >= 0.3 is 5.97 Å². The number of esters is 1. The Hall–Kier alpha value is -2.70. The molecule has 7 nitrogen and oxygen atoms in total. The van der Waals surface area contributed by atoms with Crippen LogP contribution in [0.25, 0.3) is 0 Å². The minimum Gasteiger partial charge on any atom is -0.451 e. The van der Waals surface area contributed by atoms with E-state index >= 15 is 0 Å². The molecule has 1 atom stereocenters. The van der Waals surface area contributed by atoms with Crippen molar-refractivity contribution in [3.05, 3.63) is 35.4 Å². The molecule has 2 rings (SSSR count). The molecule has 1 aromatic rings. The molecular weight excluding hydrogens is 334 g/mol. The van der Waals surface area contributed by atoms with Crippen LogP contribution >= 0.6 is 0 Å². The van der Waals surface area contributed by atoms with Crippen molar-refractivity contribution in [3.8, 4) is 0 Å². The lowest BCUT2D eigenvalue weighted by molar-refractivity contribution is -0.142.